The van der Waals surface area contributed by atoms with E-state index in [1.54, 1.807) is 29.1 Å². The number of halogens is 2. The van der Waals surface area contributed by atoms with Crippen molar-refractivity contribution in [1.29, 1.82) is 5.26 Å². The SMILES string of the molecule is Cc1ccc(-c2ccc(C#N)cc2)cc1N(CCNC(C)C)C(=O)CNCC(=O)N(C)N1Cc2ccccc2C1.Cl.Cl. The molecule has 4 rings (SSSR count). The van der Waals surface area contributed by atoms with E-state index in [1.807, 2.05) is 54.4 Å². The molecule has 224 valence electrons. The minimum absolute atomic E-state index is 0. The summed E-state index contributed by atoms with van der Waals surface area (Å²) in [7, 11) is 1.78. The van der Waals surface area contributed by atoms with Crippen LogP contribution in [0.1, 0.15) is 36.1 Å². The largest absolute Gasteiger partial charge is 0.313 e. The molecule has 1 heterocycles. The summed E-state index contributed by atoms with van der Waals surface area (Å²) in [5.74, 6) is -0.192. The number of likely N-dealkylation sites (N-methyl/N-ethyl adjacent to an activating group) is 1. The number of nitrogens with one attached hydrogen (secondary N) is 2. The lowest BCUT2D eigenvalue weighted by molar-refractivity contribution is -0.145. The summed E-state index contributed by atoms with van der Waals surface area (Å²) in [6, 6.07) is 24.1. The third kappa shape index (κ3) is 8.78. The van der Waals surface area contributed by atoms with Crippen LogP contribution in [0.2, 0.25) is 0 Å². The lowest BCUT2D eigenvalue weighted by Crippen LogP contribution is -2.47. The van der Waals surface area contributed by atoms with Gasteiger partial charge in [-0.05, 0) is 52.9 Å². The number of hydrogen-bond acceptors (Lipinski definition) is 6. The quantitative estimate of drug-likeness (QED) is 0.327. The smallest absolute Gasteiger partial charge is 0.250 e. The van der Waals surface area contributed by atoms with Crippen molar-refractivity contribution in [2.45, 2.75) is 39.9 Å². The number of amides is 2. The van der Waals surface area contributed by atoms with Crippen molar-refractivity contribution in [3.63, 3.8) is 0 Å². The molecule has 8 nitrogen and oxygen atoms in total. The average Bonchev–Trinajstić information content (AvgIpc) is 3.39. The Morgan fingerprint density at radius 2 is 1.52 bits per heavy atom. The number of rotatable bonds is 11. The van der Waals surface area contributed by atoms with Crippen LogP contribution < -0.4 is 15.5 Å². The second-order valence-corrected chi connectivity index (χ2v) is 10.5. The van der Waals surface area contributed by atoms with Crippen molar-refractivity contribution in [1.82, 2.24) is 20.7 Å². The van der Waals surface area contributed by atoms with Gasteiger partial charge >= 0.3 is 0 Å². The highest BCUT2D eigenvalue weighted by Crippen LogP contribution is 2.28. The topological polar surface area (TPSA) is 91.7 Å². The minimum Gasteiger partial charge on any atom is -0.313 e. The Bertz CT molecular complexity index is 1370. The van der Waals surface area contributed by atoms with Gasteiger partial charge in [0.25, 0.3) is 5.91 Å². The zero-order valence-corrected chi connectivity index (χ0v) is 26.2. The number of fused-ring (bicyclic) bond motifs is 1. The standard InChI is InChI=1S/C32H38N6O2.2ClH/c1-23(2)35-15-16-38(30-17-27(12-9-24(30)3)26-13-10-25(18-33)11-14-26)32(40)20-34-19-31(39)36(4)37-21-28-7-5-6-8-29(28)22-37;;/h5-14,17,23,34-35H,15-16,19-22H2,1-4H3;2*1H. The van der Waals surface area contributed by atoms with Crippen LogP contribution in [0.25, 0.3) is 11.1 Å². The summed E-state index contributed by atoms with van der Waals surface area (Å²) in [4.78, 5) is 28.2. The molecule has 0 saturated carbocycles. The first-order valence-electron chi connectivity index (χ1n) is 13.7. The van der Waals surface area contributed by atoms with Gasteiger partial charge in [0.2, 0.25) is 5.91 Å². The fourth-order valence-corrected chi connectivity index (χ4v) is 4.83. The molecule has 3 aromatic rings. The Morgan fingerprint density at radius 3 is 2.12 bits per heavy atom. The van der Waals surface area contributed by atoms with Crippen molar-refractivity contribution >= 4 is 42.3 Å². The molecule has 42 heavy (non-hydrogen) atoms. The van der Waals surface area contributed by atoms with Gasteiger partial charge < -0.3 is 10.2 Å². The summed E-state index contributed by atoms with van der Waals surface area (Å²) in [5.41, 5.74) is 6.83. The van der Waals surface area contributed by atoms with Gasteiger partial charge in [0, 0.05) is 45.0 Å². The Labute approximate surface area is 261 Å². The van der Waals surface area contributed by atoms with Crippen LogP contribution >= 0.6 is 24.8 Å². The van der Waals surface area contributed by atoms with Crippen LogP contribution in [-0.2, 0) is 22.7 Å². The predicted molar refractivity (Wildman–Crippen MR) is 173 cm³/mol. The normalized spacial score (nSPS) is 12.1. The van der Waals surface area contributed by atoms with Gasteiger partial charge in [-0.3, -0.25) is 19.9 Å². The van der Waals surface area contributed by atoms with Crippen LogP contribution in [-0.4, -0.2) is 61.1 Å². The Balaban J connectivity index is 0.00000308. The molecule has 10 heteroatoms. The van der Waals surface area contributed by atoms with Gasteiger partial charge in [-0.15, -0.1) is 24.8 Å². The molecule has 0 saturated heterocycles. The molecule has 2 amide bonds. The van der Waals surface area contributed by atoms with Gasteiger partial charge in [-0.2, -0.15) is 5.26 Å². The highest BCUT2D eigenvalue weighted by atomic mass is 35.5. The van der Waals surface area contributed by atoms with Crippen molar-refractivity contribution in [3.8, 4) is 17.2 Å². The molecule has 0 atom stereocenters. The number of nitriles is 1. The third-order valence-electron chi connectivity index (χ3n) is 7.20. The van der Waals surface area contributed by atoms with E-state index in [2.05, 4.69) is 42.7 Å². The molecule has 0 spiro atoms. The Hall–Kier alpha value is -3.45. The fourth-order valence-electron chi connectivity index (χ4n) is 4.83. The van der Waals surface area contributed by atoms with Crippen molar-refractivity contribution in [3.05, 3.63) is 89.0 Å². The number of carbonyl (C=O) groups is 2. The maximum Gasteiger partial charge on any atom is 0.250 e. The molecular weight excluding hydrogens is 571 g/mol. The number of benzene rings is 3. The summed E-state index contributed by atoms with van der Waals surface area (Å²) in [6.45, 7) is 8.79. The molecule has 0 fully saturated rings. The highest BCUT2D eigenvalue weighted by molar-refractivity contribution is 5.96. The second kappa shape index (κ2) is 16.3. The van der Waals surface area contributed by atoms with Crippen LogP contribution in [0.4, 0.5) is 5.69 Å². The van der Waals surface area contributed by atoms with Crippen LogP contribution in [0.3, 0.4) is 0 Å². The van der Waals surface area contributed by atoms with E-state index >= 15 is 0 Å². The van der Waals surface area contributed by atoms with E-state index in [9.17, 15) is 9.59 Å². The van der Waals surface area contributed by atoms with E-state index < -0.39 is 0 Å². The summed E-state index contributed by atoms with van der Waals surface area (Å²) in [5, 5.41) is 19.3. The highest BCUT2D eigenvalue weighted by Gasteiger charge is 2.25. The number of anilines is 1. The van der Waals surface area contributed by atoms with Crippen LogP contribution in [0, 0.1) is 18.3 Å². The molecule has 3 aromatic carbocycles. The lowest BCUT2D eigenvalue weighted by atomic mass is 10.0. The van der Waals surface area contributed by atoms with E-state index in [0.29, 0.717) is 37.8 Å². The number of hydrogen-bond donors (Lipinski definition) is 2. The molecule has 0 radical (unpaired) electrons. The molecule has 1 aliphatic rings. The third-order valence-corrected chi connectivity index (χ3v) is 7.20. The number of aryl methyl sites for hydroxylation is 1. The second-order valence-electron chi connectivity index (χ2n) is 10.5. The summed E-state index contributed by atoms with van der Waals surface area (Å²) >= 11 is 0. The first-order valence-corrected chi connectivity index (χ1v) is 13.7. The van der Waals surface area contributed by atoms with E-state index in [1.165, 1.54) is 11.1 Å². The molecule has 0 bridgehead atoms. The average molecular weight is 612 g/mol. The molecule has 1 aliphatic heterocycles. The molecule has 0 aliphatic carbocycles. The first-order chi connectivity index (χ1) is 19.3. The van der Waals surface area contributed by atoms with Gasteiger partial charge in [0.15, 0.2) is 0 Å². The number of nitrogens with zero attached hydrogens (tertiary/aromatic N) is 4. The molecule has 0 aromatic heterocycles. The monoisotopic (exact) mass is 610 g/mol. The summed E-state index contributed by atoms with van der Waals surface area (Å²) in [6.07, 6.45) is 0. The summed E-state index contributed by atoms with van der Waals surface area (Å²) < 4.78 is 0. The Morgan fingerprint density at radius 1 is 0.929 bits per heavy atom. The van der Waals surface area contributed by atoms with Crippen molar-refractivity contribution in [2.24, 2.45) is 0 Å². The van der Waals surface area contributed by atoms with Gasteiger partial charge in [-0.25, -0.2) is 5.01 Å². The van der Waals surface area contributed by atoms with Crippen LogP contribution in [0.15, 0.2) is 66.7 Å². The molecule has 2 N–H and O–H groups in total. The van der Waals surface area contributed by atoms with Crippen molar-refractivity contribution < 1.29 is 9.59 Å². The van der Waals surface area contributed by atoms with Gasteiger partial charge in [-0.1, -0.05) is 62.4 Å². The van der Waals surface area contributed by atoms with Gasteiger partial charge in [0.05, 0.1) is 24.7 Å². The number of carbonyl (C=O) groups excluding carboxylic acids is 2. The lowest BCUT2D eigenvalue weighted by Gasteiger charge is -2.28. The van der Waals surface area contributed by atoms with E-state index in [0.717, 1.165) is 22.4 Å². The first kappa shape index (κ1) is 34.7. The van der Waals surface area contributed by atoms with Crippen LogP contribution in [0.5, 0.6) is 0 Å². The zero-order chi connectivity index (χ0) is 28.6. The Kier molecular flexibility index (Phi) is 13.4. The van der Waals surface area contributed by atoms with E-state index in [-0.39, 0.29) is 49.7 Å². The van der Waals surface area contributed by atoms with Gasteiger partial charge in [0.1, 0.15) is 0 Å². The zero-order valence-electron chi connectivity index (χ0n) is 24.6. The molecule has 0 unspecified atom stereocenters. The van der Waals surface area contributed by atoms with Crippen molar-refractivity contribution in [2.75, 3.05) is 38.1 Å². The minimum atomic E-state index is -0.102. The molecular formula is C32H40Cl2N6O2. The number of hydrazine groups is 1. The fraction of sp³-hybridized carbons (Fsp3) is 0.344. The maximum absolute atomic E-state index is 13.5. The van der Waals surface area contributed by atoms with E-state index in [4.69, 9.17) is 5.26 Å². The predicted octanol–water partition coefficient (Wildman–Crippen LogP) is 4.69. The maximum atomic E-state index is 13.5.